The summed E-state index contributed by atoms with van der Waals surface area (Å²) in [6, 6.07) is 0.711. The molecule has 1 fully saturated rings. The molecule has 1 unspecified atom stereocenters. The minimum Gasteiger partial charge on any atom is -0.313 e. The molecule has 14 heavy (non-hydrogen) atoms. The predicted octanol–water partition coefficient (Wildman–Crippen LogP) is 2.03. The van der Waals surface area contributed by atoms with Crippen LogP contribution >= 0.6 is 0 Å². The second-order valence-electron chi connectivity index (χ2n) is 4.43. The molecule has 1 rings (SSSR count). The maximum Gasteiger partial charge on any atom is 0.0195 e. The highest BCUT2D eigenvalue weighted by Gasteiger charge is 2.15. The summed E-state index contributed by atoms with van der Waals surface area (Å²) in [5, 5.41) is 3.59. The van der Waals surface area contributed by atoms with Gasteiger partial charge in [-0.15, -0.1) is 0 Å². The van der Waals surface area contributed by atoms with Gasteiger partial charge in [-0.1, -0.05) is 25.5 Å². The van der Waals surface area contributed by atoms with Crippen LogP contribution in [0.2, 0.25) is 0 Å². The van der Waals surface area contributed by atoms with Crippen molar-refractivity contribution in [2.24, 2.45) is 0 Å². The van der Waals surface area contributed by atoms with Crippen LogP contribution in [0.25, 0.3) is 0 Å². The van der Waals surface area contributed by atoms with Crippen molar-refractivity contribution in [2.45, 2.75) is 39.2 Å². The van der Waals surface area contributed by atoms with Gasteiger partial charge in [0.05, 0.1) is 0 Å². The number of piperidine rings is 1. The largest absolute Gasteiger partial charge is 0.313 e. The first kappa shape index (κ1) is 11.7. The molecule has 82 valence electrons. The minimum absolute atomic E-state index is 0.711. The number of nitrogens with zero attached hydrogens (tertiary/aromatic N) is 1. The molecule has 0 amide bonds. The van der Waals surface area contributed by atoms with Crippen LogP contribution in [0, 0.1) is 0 Å². The number of hydrogen-bond acceptors (Lipinski definition) is 2. The molecule has 2 nitrogen and oxygen atoms in total. The van der Waals surface area contributed by atoms with E-state index in [0.29, 0.717) is 6.04 Å². The van der Waals surface area contributed by atoms with E-state index in [-0.39, 0.29) is 0 Å². The molecular formula is C12H24N2. The van der Waals surface area contributed by atoms with Crippen molar-refractivity contribution in [1.82, 2.24) is 10.2 Å². The lowest BCUT2D eigenvalue weighted by Gasteiger charge is -2.29. The Morgan fingerprint density at radius 2 is 2.29 bits per heavy atom. The molecule has 0 bridgehead atoms. The lowest BCUT2D eigenvalue weighted by molar-refractivity contribution is 0.248. The van der Waals surface area contributed by atoms with Crippen LogP contribution in [0.15, 0.2) is 12.2 Å². The minimum atomic E-state index is 0.711. The molecule has 0 aliphatic carbocycles. The van der Waals surface area contributed by atoms with Gasteiger partial charge in [-0.25, -0.2) is 0 Å². The highest BCUT2D eigenvalue weighted by atomic mass is 15.1. The Bertz CT molecular complexity index is 171. The molecule has 0 spiro atoms. The molecule has 0 aromatic rings. The van der Waals surface area contributed by atoms with Gasteiger partial charge in [0.25, 0.3) is 0 Å². The van der Waals surface area contributed by atoms with Crippen molar-refractivity contribution >= 4 is 0 Å². The van der Waals surface area contributed by atoms with Crippen molar-refractivity contribution < 1.29 is 0 Å². The highest BCUT2D eigenvalue weighted by molar-refractivity contribution is 4.92. The summed E-state index contributed by atoms with van der Waals surface area (Å²) in [7, 11) is 0. The summed E-state index contributed by atoms with van der Waals surface area (Å²) in [5.41, 5.74) is 1.27. The molecule has 1 aliphatic rings. The van der Waals surface area contributed by atoms with Gasteiger partial charge in [-0.05, 0) is 32.9 Å². The lowest BCUT2D eigenvalue weighted by atomic mass is 10.0. The molecule has 1 N–H and O–H groups in total. The number of rotatable bonds is 5. The van der Waals surface area contributed by atoms with Crippen LogP contribution in [-0.4, -0.2) is 37.1 Å². The van der Waals surface area contributed by atoms with Crippen LogP contribution in [0.1, 0.15) is 33.1 Å². The molecule has 0 radical (unpaired) electrons. The number of likely N-dealkylation sites (N-methyl/N-ethyl adjacent to an activating group) is 1. The fourth-order valence-electron chi connectivity index (χ4n) is 2.08. The van der Waals surface area contributed by atoms with Gasteiger partial charge in [0.1, 0.15) is 0 Å². The van der Waals surface area contributed by atoms with Gasteiger partial charge < -0.3 is 5.32 Å². The Hall–Kier alpha value is -0.340. The monoisotopic (exact) mass is 196 g/mol. The summed E-state index contributed by atoms with van der Waals surface area (Å²) >= 11 is 0. The number of nitrogens with one attached hydrogen (secondary N) is 1. The fourth-order valence-corrected chi connectivity index (χ4v) is 2.08. The van der Waals surface area contributed by atoms with E-state index in [1.165, 1.54) is 37.9 Å². The molecule has 1 aliphatic heterocycles. The third-order valence-corrected chi connectivity index (χ3v) is 2.83. The van der Waals surface area contributed by atoms with Gasteiger partial charge in [-0.3, -0.25) is 4.90 Å². The van der Waals surface area contributed by atoms with Crippen LogP contribution in [-0.2, 0) is 0 Å². The smallest absolute Gasteiger partial charge is 0.0195 e. The van der Waals surface area contributed by atoms with Crippen LogP contribution in [0.5, 0.6) is 0 Å². The van der Waals surface area contributed by atoms with Crippen molar-refractivity contribution in [2.75, 3.05) is 26.2 Å². The zero-order valence-electron chi connectivity index (χ0n) is 9.68. The zero-order chi connectivity index (χ0) is 10.4. The maximum absolute atomic E-state index is 3.97. The Balaban J connectivity index is 2.27. The van der Waals surface area contributed by atoms with E-state index in [1.54, 1.807) is 0 Å². The molecule has 0 aromatic carbocycles. The summed E-state index contributed by atoms with van der Waals surface area (Å²) in [6.07, 6.45) is 4.08. The molecule has 1 heterocycles. The molecule has 1 saturated heterocycles. The topological polar surface area (TPSA) is 15.3 Å². The van der Waals surface area contributed by atoms with Crippen LogP contribution < -0.4 is 5.32 Å². The van der Waals surface area contributed by atoms with E-state index in [0.717, 1.165) is 13.1 Å². The Labute approximate surface area is 88.4 Å². The normalized spacial score (nSPS) is 22.6. The van der Waals surface area contributed by atoms with E-state index in [1.807, 2.05) is 0 Å². The predicted molar refractivity (Wildman–Crippen MR) is 62.6 cm³/mol. The molecule has 0 saturated carbocycles. The molecule has 1 atom stereocenters. The summed E-state index contributed by atoms with van der Waals surface area (Å²) in [5.74, 6) is 0. The van der Waals surface area contributed by atoms with Crippen molar-refractivity contribution in [3.63, 3.8) is 0 Å². The first-order chi connectivity index (χ1) is 6.72. The summed E-state index contributed by atoms with van der Waals surface area (Å²) < 4.78 is 0. The van der Waals surface area contributed by atoms with Gasteiger partial charge in [0.2, 0.25) is 0 Å². The van der Waals surface area contributed by atoms with Crippen molar-refractivity contribution in [1.29, 1.82) is 0 Å². The van der Waals surface area contributed by atoms with E-state index in [9.17, 15) is 0 Å². The molecular weight excluding hydrogens is 172 g/mol. The lowest BCUT2D eigenvalue weighted by Crippen LogP contribution is -2.44. The van der Waals surface area contributed by atoms with E-state index in [2.05, 4.69) is 30.6 Å². The standard InChI is InChI=1S/C12H24N2/c1-4-14(9-11(2)3)10-12-7-5-6-8-13-12/h12-13H,2,4-10H2,1,3H3. The zero-order valence-corrected chi connectivity index (χ0v) is 9.68. The van der Waals surface area contributed by atoms with E-state index >= 15 is 0 Å². The molecule has 0 aromatic heterocycles. The third-order valence-electron chi connectivity index (χ3n) is 2.83. The van der Waals surface area contributed by atoms with Crippen LogP contribution in [0.4, 0.5) is 0 Å². The van der Waals surface area contributed by atoms with Gasteiger partial charge in [0.15, 0.2) is 0 Å². The van der Waals surface area contributed by atoms with Crippen molar-refractivity contribution in [3.05, 3.63) is 12.2 Å². The van der Waals surface area contributed by atoms with E-state index in [4.69, 9.17) is 0 Å². The SMILES string of the molecule is C=C(C)CN(CC)CC1CCCCN1. The first-order valence-electron chi connectivity index (χ1n) is 5.82. The van der Waals surface area contributed by atoms with Gasteiger partial charge in [0, 0.05) is 19.1 Å². The van der Waals surface area contributed by atoms with Crippen molar-refractivity contribution in [3.8, 4) is 0 Å². The fraction of sp³-hybridized carbons (Fsp3) is 0.833. The average molecular weight is 196 g/mol. The molecule has 2 heteroatoms. The van der Waals surface area contributed by atoms with E-state index < -0.39 is 0 Å². The quantitative estimate of drug-likeness (QED) is 0.677. The highest BCUT2D eigenvalue weighted by Crippen LogP contribution is 2.09. The Kier molecular flexibility index (Phi) is 5.20. The Morgan fingerprint density at radius 1 is 1.50 bits per heavy atom. The third kappa shape index (κ3) is 4.25. The second-order valence-corrected chi connectivity index (χ2v) is 4.43. The first-order valence-corrected chi connectivity index (χ1v) is 5.82. The van der Waals surface area contributed by atoms with Crippen LogP contribution in [0.3, 0.4) is 0 Å². The maximum atomic E-state index is 3.97. The van der Waals surface area contributed by atoms with Gasteiger partial charge >= 0.3 is 0 Å². The second kappa shape index (κ2) is 6.20. The average Bonchev–Trinajstić information content (AvgIpc) is 2.17. The Morgan fingerprint density at radius 3 is 2.79 bits per heavy atom. The summed E-state index contributed by atoms with van der Waals surface area (Å²) in [6.45, 7) is 12.9. The van der Waals surface area contributed by atoms with Gasteiger partial charge in [-0.2, -0.15) is 0 Å². The summed E-state index contributed by atoms with van der Waals surface area (Å²) in [4.78, 5) is 2.48. The number of hydrogen-bond donors (Lipinski definition) is 1.